The average Bonchev–Trinajstić information content (AvgIpc) is 3.16. The lowest BCUT2D eigenvalue weighted by Gasteiger charge is -2.34. The number of halogens is 1. The molecule has 0 N–H and O–H groups in total. The van der Waals surface area contributed by atoms with E-state index in [1.165, 1.54) is 16.8 Å². The van der Waals surface area contributed by atoms with Crippen molar-refractivity contribution in [3.8, 4) is 11.4 Å². The summed E-state index contributed by atoms with van der Waals surface area (Å²) in [6, 6.07) is 11.9. The molecule has 0 radical (unpaired) electrons. The quantitative estimate of drug-likeness (QED) is 0.711. The van der Waals surface area contributed by atoms with Gasteiger partial charge in [0.05, 0.1) is 24.1 Å². The Bertz CT molecular complexity index is 1000. The van der Waals surface area contributed by atoms with Gasteiger partial charge in [-0.1, -0.05) is 24.3 Å². The van der Waals surface area contributed by atoms with E-state index in [4.69, 9.17) is 4.74 Å². The largest absolute Gasteiger partial charge is 0.486 e. The predicted molar refractivity (Wildman–Crippen MR) is 98.9 cm³/mol. The van der Waals surface area contributed by atoms with E-state index in [9.17, 15) is 9.18 Å². The van der Waals surface area contributed by atoms with Crippen molar-refractivity contribution in [2.24, 2.45) is 0 Å². The van der Waals surface area contributed by atoms with Gasteiger partial charge in [-0.2, -0.15) is 0 Å². The summed E-state index contributed by atoms with van der Waals surface area (Å²) in [6.07, 6.45) is 2.29. The molecule has 1 aliphatic rings. The number of para-hydroxylation sites is 2. The third-order valence-corrected chi connectivity index (χ3v) is 4.65. The summed E-state index contributed by atoms with van der Waals surface area (Å²) in [7, 11) is 0. The second-order valence-electron chi connectivity index (χ2n) is 6.51. The predicted octanol–water partition coefficient (Wildman–Crippen LogP) is 3.53. The molecule has 0 bridgehead atoms. The SMILES string of the molecule is CCC1CN(C(=O)c2cn(-c3ccc(F)cc3C)nn2)c2ccccc2O1. The number of rotatable bonds is 3. The number of hydrogen-bond acceptors (Lipinski definition) is 4. The smallest absolute Gasteiger partial charge is 0.280 e. The van der Waals surface area contributed by atoms with Crippen molar-refractivity contribution in [1.82, 2.24) is 15.0 Å². The van der Waals surface area contributed by atoms with E-state index in [0.717, 1.165) is 12.1 Å². The van der Waals surface area contributed by atoms with Crippen molar-refractivity contribution >= 4 is 11.6 Å². The Kier molecular flexibility index (Phi) is 4.35. The van der Waals surface area contributed by atoms with E-state index in [1.54, 1.807) is 24.1 Å². The summed E-state index contributed by atoms with van der Waals surface area (Å²) in [5.41, 5.74) is 2.34. The number of carbonyl (C=O) groups is 1. The van der Waals surface area contributed by atoms with Crippen molar-refractivity contribution in [3.05, 3.63) is 65.7 Å². The minimum absolute atomic E-state index is 0.0711. The summed E-state index contributed by atoms with van der Waals surface area (Å²) in [4.78, 5) is 14.8. The number of benzene rings is 2. The molecule has 2 heterocycles. The minimum Gasteiger partial charge on any atom is -0.486 e. The van der Waals surface area contributed by atoms with Gasteiger partial charge in [-0.15, -0.1) is 5.10 Å². The molecule has 1 atom stereocenters. The van der Waals surface area contributed by atoms with Crippen LogP contribution in [0.3, 0.4) is 0 Å². The third kappa shape index (κ3) is 3.16. The number of fused-ring (bicyclic) bond motifs is 1. The second-order valence-corrected chi connectivity index (χ2v) is 6.51. The van der Waals surface area contributed by atoms with Crippen LogP contribution in [0.2, 0.25) is 0 Å². The fourth-order valence-electron chi connectivity index (χ4n) is 3.20. The molecule has 0 saturated carbocycles. The van der Waals surface area contributed by atoms with Crippen molar-refractivity contribution in [3.63, 3.8) is 0 Å². The van der Waals surface area contributed by atoms with Gasteiger partial charge in [-0.25, -0.2) is 9.07 Å². The first-order valence-electron chi connectivity index (χ1n) is 8.83. The first-order valence-corrected chi connectivity index (χ1v) is 8.83. The lowest BCUT2D eigenvalue weighted by atomic mass is 10.1. The summed E-state index contributed by atoms with van der Waals surface area (Å²) >= 11 is 0. The Hall–Kier alpha value is -3.22. The van der Waals surface area contributed by atoms with Gasteiger partial charge >= 0.3 is 0 Å². The second kappa shape index (κ2) is 6.83. The first-order chi connectivity index (χ1) is 13.1. The van der Waals surface area contributed by atoms with Crippen LogP contribution in [0.15, 0.2) is 48.7 Å². The summed E-state index contributed by atoms with van der Waals surface area (Å²) in [6.45, 7) is 4.26. The fourth-order valence-corrected chi connectivity index (χ4v) is 3.20. The molecule has 27 heavy (non-hydrogen) atoms. The van der Waals surface area contributed by atoms with Crippen LogP contribution in [0.1, 0.15) is 29.4 Å². The van der Waals surface area contributed by atoms with E-state index in [-0.39, 0.29) is 23.5 Å². The van der Waals surface area contributed by atoms with Gasteiger partial charge in [0.25, 0.3) is 5.91 Å². The standard InChI is InChI=1S/C20H19FN4O2/c1-3-15-11-24(18-6-4-5-7-19(18)27-15)20(26)16-12-25(23-22-16)17-9-8-14(21)10-13(17)2/h4-10,12,15H,3,11H2,1-2H3. The Balaban J connectivity index is 1.67. The van der Waals surface area contributed by atoms with Gasteiger partial charge in [-0.05, 0) is 49.2 Å². The highest BCUT2D eigenvalue weighted by molar-refractivity contribution is 6.05. The van der Waals surface area contributed by atoms with Crippen molar-refractivity contribution in [1.29, 1.82) is 0 Å². The Morgan fingerprint density at radius 2 is 2.07 bits per heavy atom. The molecule has 6 nitrogen and oxygen atoms in total. The number of carbonyl (C=O) groups excluding carboxylic acids is 1. The average molecular weight is 366 g/mol. The maximum Gasteiger partial charge on any atom is 0.280 e. The normalized spacial score (nSPS) is 16.0. The minimum atomic E-state index is -0.316. The number of anilines is 1. The van der Waals surface area contributed by atoms with Gasteiger partial charge in [0.1, 0.15) is 17.7 Å². The topological polar surface area (TPSA) is 60.2 Å². The van der Waals surface area contributed by atoms with Crippen LogP contribution in [0.4, 0.5) is 10.1 Å². The van der Waals surface area contributed by atoms with Gasteiger partial charge in [0, 0.05) is 0 Å². The van der Waals surface area contributed by atoms with Crippen molar-refractivity contribution < 1.29 is 13.9 Å². The maximum atomic E-state index is 13.3. The lowest BCUT2D eigenvalue weighted by Crippen LogP contribution is -2.43. The van der Waals surface area contributed by atoms with Gasteiger partial charge in [0.2, 0.25) is 0 Å². The molecule has 2 aromatic carbocycles. The number of amides is 1. The highest BCUT2D eigenvalue weighted by atomic mass is 19.1. The van der Waals surface area contributed by atoms with Gasteiger partial charge < -0.3 is 4.74 Å². The van der Waals surface area contributed by atoms with Crippen LogP contribution in [0.5, 0.6) is 5.75 Å². The Morgan fingerprint density at radius 3 is 2.85 bits per heavy atom. The van der Waals surface area contributed by atoms with Crippen LogP contribution in [-0.4, -0.2) is 33.5 Å². The molecule has 3 aromatic rings. The molecule has 4 rings (SSSR count). The molecule has 1 aliphatic heterocycles. The Morgan fingerprint density at radius 1 is 1.26 bits per heavy atom. The molecule has 0 fully saturated rings. The molecule has 1 unspecified atom stereocenters. The zero-order chi connectivity index (χ0) is 19.0. The van der Waals surface area contributed by atoms with E-state index in [2.05, 4.69) is 10.3 Å². The highest BCUT2D eigenvalue weighted by Crippen LogP contribution is 2.34. The van der Waals surface area contributed by atoms with Crippen LogP contribution in [-0.2, 0) is 0 Å². The van der Waals surface area contributed by atoms with Gasteiger partial charge in [-0.3, -0.25) is 9.69 Å². The maximum absolute atomic E-state index is 13.3. The lowest BCUT2D eigenvalue weighted by molar-refractivity contribution is 0.0949. The molecule has 1 aromatic heterocycles. The van der Waals surface area contributed by atoms with Crippen LogP contribution < -0.4 is 9.64 Å². The third-order valence-electron chi connectivity index (χ3n) is 4.65. The summed E-state index contributed by atoms with van der Waals surface area (Å²) in [5.74, 6) is 0.129. The number of hydrogen-bond donors (Lipinski definition) is 0. The first kappa shape index (κ1) is 17.2. The van der Waals surface area contributed by atoms with E-state index in [0.29, 0.717) is 23.5 Å². The molecule has 0 aliphatic carbocycles. The van der Waals surface area contributed by atoms with Crippen LogP contribution >= 0.6 is 0 Å². The number of ether oxygens (including phenoxy) is 1. The van der Waals surface area contributed by atoms with Crippen molar-refractivity contribution in [2.75, 3.05) is 11.4 Å². The summed E-state index contributed by atoms with van der Waals surface area (Å²) < 4.78 is 20.8. The molecule has 7 heteroatoms. The van der Waals surface area contributed by atoms with E-state index < -0.39 is 0 Å². The summed E-state index contributed by atoms with van der Waals surface area (Å²) in [5, 5.41) is 8.10. The van der Waals surface area contributed by atoms with Crippen LogP contribution in [0, 0.1) is 12.7 Å². The zero-order valence-electron chi connectivity index (χ0n) is 15.1. The van der Waals surface area contributed by atoms with Crippen molar-refractivity contribution in [2.45, 2.75) is 26.4 Å². The fraction of sp³-hybridized carbons (Fsp3) is 0.250. The number of aromatic nitrogens is 3. The monoisotopic (exact) mass is 366 g/mol. The molecule has 138 valence electrons. The van der Waals surface area contributed by atoms with Crippen LogP contribution in [0.25, 0.3) is 5.69 Å². The zero-order valence-corrected chi connectivity index (χ0v) is 15.1. The highest BCUT2D eigenvalue weighted by Gasteiger charge is 2.30. The molecule has 0 saturated heterocycles. The Labute approximate surface area is 156 Å². The number of aryl methyl sites for hydroxylation is 1. The van der Waals surface area contributed by atoms with E-state index in [1.807, 2.05) is 31.2 Å². The van der Waals surface area contributed by atoms with Gasteiger partial charge in [0.15, 0.2) is 5.69 Å². The number of nitrogens with zero attached hydrogens (tertiary/aromatic N) is 4. The molecular weight excluding hydrogens is 347 g/mol. The molecule has 1 amide bonds. The molecule has 0 spiro atoms. The van der Waals surface area contributed by atoms with E-state index >= 15 is 0 Å². The molecular formula is C20H19FN4O2.